The van der Waals surface area contributed by atoms with Gasteiger partial charge in [-0.05, 0) is 86.2 Å². The average Bonchev–Trinajstić information content (AvgIpc) is 3.13. The van der Waals surface area contributed by atoms with Gasteiger partial charge in [0.1, 0.15) is 5.75 Å². The Kier molecular flexibility index (Phi) is 7.82. The first-order valence-electron chi connectivity index (χ1n) is 12.9. The van der Waals surface area contributed by atoms with E-state index in [1.54, 1.807) is 6.92 Å². The van der Waals surface area contributed by atoms with Gasteiger partial charge < -0.3 is 14.6 Å². The van der Waals surface area contributed by atoms with Crippen LogP contribution < -0.4 is 10.1 Å². The minimum atomic E-state index is -0.488. The number of hydrogen-bond acceptors (Lipinski definition) is 3. The second kappa shape index (κ2) is 11.0. The number of fused-ring (bicyclic) bond motifs is 1. The van der Waals surface area contributed by atoms with E-state index in [2.05, 4.69) is 67.9 Å². The van der Waals surface area contributed by atoms with Gasteiger partial charge in [-0.3, -0.25) is 9.59 Å². The third kappa shape index (κ3) is 5.77. The molecule has 3 aromatic carbocycles. The van der Waals surface area contributed by atoms with Gasteiger partial charge in [0, 0.05) is 28.7 Å². The van der Waals surface area contributed by atoms with Crippen molar-refractivity contribution in [1.82, 2.24) is 9.88 Å². The molecule has 5 nitrogen and oxygen atoms in total. The molecule has 0 bridgehead atoms. The lowest BCUT2D eigenvalue weighted by atomic mass is 9.98. The highest BCUT2D eigenvalue weighted by atomic mass is 16.5. The maximum atomic E-state index is 13.2. The maximum absolute atomic E-state index is 13.2. The molecule has 1 aromatic heterocycles. The molecule has 0 saturated carbocycles. The Balaban J connectivity index is 1.57. The highest BCUT2D eigenvalue weighted by Crippen LogP contribution is 2.28. The van der Waals surface area contributed by atoms with Crippen LogP contribution in [0, 0.1) is 13.8 Å². The number of rotatable bonds is 9. The van der Waals surface area contributed by atoms with Crippen LogP contribution in [0.5, 0.6) is 5.75 Å². The van der Waals surface area contributed by atoms with Gasteiger partial charge in [0.15, 0.2) is 12.4 Å². The number of amides is 1. The Morgan fingerprint density at radius 2 is 1.68 bits per heavy atom. The highest BCUT2D eigenvalue weighted by molar-refractivity contribution is 5.99. The number of aromatic nitrogens is 1. The van der Waals surface area contributed by atoms with Crippen molar-refractivity contribution in [3.8, 4) is 5.75 Å². The predicted molar refractivity (Wildman–Crippen MR) is 150 cm³/mol. The van der Waals surface area contributed by atoms with E-state index in [4.69, 9.17) is 4.74 Å². The molecule has 2 atom stereocenters. The summed E-state index contributed by atoms with van der Waals surface area (Å²) in [7, 11) is 0. The molecule has 0 fully saturated rings. The van der Waals surface area contributed by atoms with Crippen LogP contribution in [-0.4, -0.2) is 22.9 Å². The average molecular weight is 497 g/mol. The number of ether oxygens (including phenoxy) is 1. The van der Waals surface area contributed by atoms with E-state index in [1.807, 2.05) is 43.3 Å². The SMILES string of the molecule is Cc1c(C)n(Cc2cccc(O[C@H](C)C=O)c2)c2ccc(C(=O)N[C@@H](C)c3cccc(C(C)C)c3)cc12. The van der Waals surface area contributed by atoms with E-state index in [9.17, 15) is 9.59 Å². The van der Waals surface area contributed by atoms with E-state index in [0.717, 1.165) is 39.6 Å². The fraction of sp³-hybridized carbons (Fsp3) is 0.312. The van der Waals surface area contributed by atoms with Crippen LogP contribution in [0.15, 0.2) is 66.7 Å². The molecule has 0 saturated heterocycles. The van der Waals surface area contributed by atoms with Gasteiger partial charge >= 0.3 is 0 Å². The minimum Gasteiger partial charge on any atom is -0.483 e. The van der Waals surface area contributed by atoms with Crippen LogP contribution >= 0.6 is 0 Å². The molecule has 0 aliphatic rings. The van der Waals surface area contributed by atoms with E-state index < -0.39 is 6.10 Å². The summed E-state index contributed by atoms with van der Waals surface area (Å²) in [5.41, 5.74) is 7.49. The molecule has 1 N–H and O–H groups in total. The zero-order valence-corrected chi connectivity index (χ0v) is 22.5. The molecule has 37 heavy (non-hydrogen) atoms. The van der Waals surface area contributed by atoms with Crippen LogP contribution in [0.2, 0.25) is 0 Å². The van der Waals surface area contributed by atoms with Gasteiger partial charge in [-0.1, -0.05) is 50.2 Å². The monoisotopic (exact) mass is 496 g/mol. The maximum Gasteiger partial charge on any atom is 0.251 e. The van der Waals surface area contributed by atoms with Crippen molar-refractivity contribution in [2.24, 2.45) is 0 Å². The summed E-state index contributed by atoms with van der Waals surface area (Å²) >= 11 is 0. The minimum absolute atomic E-state index is 0.0803. The first-order valence-corrected chi connectivity index (χ1v) is 12.9. The molecule has 1 amide bonds. The molecule has 4 aromatic rings. The van der Waals surface area contributed by atoms with Gasteiger partial charge in [-0.2, -0.15) is 0 Å². The number of nitrogens with zero attached hydrogens (tertiary/aromatic N) is 1. The first-order chi connectivity index (χ1) is 17.7. The second-order valence-electron chi connectivity index (χ2n) is 10.2. The lowest BCUT2D eigenvalue weighted by Gasteiger charge is -2.16. The molecule has 0 aliphatic heterocycles. The Labute approximate surface area is 219 Å². The quantitative estimate of drug-likeness (QED) is 0.257. The van der Waals surface area contributed by atoms with Crippen molar-refractivity contribution in [3.05, 3.63) is 100 Å². The van der Waals surface area contributed by atoms with E-state index >= 15 is 0 Å². The number of nitrogens with one attached hydrogen (secondary N) is 1. The van der Waals surface area contributed by atoms with E-state index in [0.29, 0.717) is 23.8 Å². The summed E-state index contributed by atoms with van der Waals surface area (Å²) < 4.78 is 7.93. The summed E-state index contributed by atoms with van der Waals surface area (Å²) in [6.45, 7) is 13.0. The molecule has 5 heteroatoms. The normalized spacial score (nSPS) is 12.9. The Hall–Kier alpha value is -3.86. The zero-order chi connectivity index (χ0) is 26.7. The molecule has 0 unspecified atom stereocenters. The Morgan fingerprint density at radius 1 is 0.946 bits per heavy atom. The van der Waals surface area contributed by atoms with Crippen molar-refractivity contribution in [2.75, 3.05) is 0 Å². The van der Waals surface area contributed by atoms with Crippen LogP contribution in [-0.2, 0) is 11.3 Å². The predicted octanol–water partition coefficient (Wildman–Crippen LogP) is 6.89. The van der Waals surface area contributed by atoms with Gasteiger partial charge in [0.05, 0.1) is 6.04 Å². The smallest absolute Gasteiger partial charge is 0.251 e. The molecule has 4 rings (SSSR count). The summed E-state index contributed by atoms with van der Waals surface area (Å²) in [6.07, 6.45) is 0.301. The van der Waals surface area contributed by atoms with Crippen molar-refractivity contribution in [2.45, 2.75) is 66.2 Å². The lowest BCUT2D eigenvalue weighted by molar-refractivity contribution is -0.113. The molecule has 192 valence electrons. The van der Waals surface area contributed by atoms with Crippen LogP contribution in [0.25, 0.3) is 10.9 Å². The molecule has 0 spiro atoms. The Bertz CT molecular complexity index is 1430. The molecular formula is C32H36N2O3. The zero-order valence-electron chi connectivity index (χ0n) is 22.5. The summed E-state index contributed by atoms with van der Waals surface area (Å²) in [6, 6.07) is 22.1. The van der Waals surface area contributed by atoms with Crippen molar-refractivity contribution >= 4 is 23.1 Å². The van der Waals surface area contributed by atoms with Crippen LogP contribution in [0.1, 0.15) is 78.0 Å². The Morgan fingerprint density at radius 3 is 2.41 bits per heavy atom. The summed E-state index contributed by atoms with van der Waals surface area (Å²) in [5, 5.41) is 4.24. The molecule has 0 radical (unpaired) electrons. The van der Waals surface area contributed by atoms with Crippen molar-refractivity contribution in [3.63, 3.8) is 0 Å². The van der Waals surface area contributed by atoms with Gasteiger partial charge in [0.25, 0.3) is 5.91 Å². The summed E-state index contributed by atoms with van der Waals surface area (Å²) in [4.78, 5) is 24.1. The van der Waals surface area contributed by atoms with E-state index in [-0.39, 0.29) is 11.9 Å². The molecule has 1 heterocycles. The molecule has 0 aliphatic carbocycles. The third-order valence-corrected chi connectivity index (χ3v) is 7.08. The topological polar surface area (TPSA) is 60.3 Å². The fourth-order valence-corrected chi connectivity index (χ4v) is 4.69. The van der Waals surface area contributed by atoms with Gasteiger partial charge in [-0.25, -0.2) is 0 Å². The standard InChI is InChI=1S/C32H36N2O3/c1-20(2)26-10-8-11-27(16-26)23(5)33-32(36)28-13-14-31-30(17-28)22(4)24(6)34(31)18-25-9-7-12-29(15-25)37-21(3)19-35/h7-17,19-21,23H,18H2,1-6H3,(H,33,36)/t21-,23+/m1/s1. The van der Waals surface area contributed by atoms with Crippen molar-refractivity contribution < 1.29 is 14.3 Å². The van der Waals surface area contributed by atoms with Crippen LogP contribution in [0.3, 0.4) is 0 Å². The number of benzene rings is 3. The fourth-order valence-electron chi connectivity index (χ4n) is 4.69. The number of hydrogen-bond donors (Lipinski definition) is 1. The van der Waals surface area contributed by atoms with Crippen molar-refractivity contribution in [1.29, 1.82) is 0 Å². The summed E-state index contributed by atoms with van der Waals surface area (Å²) in [5.74, 6) is 1.04. The number of carbonyl (C=O) groups is 2. The number of aldehydes is 1. The van der Waals surface area contributed by atoms with Crippen LogP contribution in [0.4, 0.5) is 0 Å². The third-order valence-electron chi connectivity index (χ3n) is 7.08. The second-order valence-corrected chi connectivity index (χ2v) is 10.2. The van der Waals surface area contributed by atoms with E-state index in [1.165, 1.54) is 5.56 Å². The van der Waals surface area contributed by atoms with Gasteiger partial charge in [0.2, 0.25) is 0 Å². The highest BCUT2D eigenvalue weighted by Gasteiger charge is 2.17. The number of aryl methyl sites for hydroxylation is 1. The first kappa shape index (κ1) is 26.2. The molecular weight excluding hydrogens is 460 g/mol. The largest absolute Gasteiger partial charge is 0.483 e. The van der Waals surface area contributed by atoms with Gasteiger partial charge in [-0.15, -0.1) is 0 Å². The number of carbonyl (C=O) groups excluding carboxylic acids is 2. The lowest BCUT2D eigenvalue weighted by Crippen LogP contribution is -2.26.